The predicted octanol–water partition coefficient (Wildman–Crippen LogP) is 3.66. The molecule has 3 N–H and O–H groups in total. The Balaban J connectivity index is 1.69. The van der Waals surface area contributed by atoms with Gasteiger partial charge in [0.2, 0.25) is 11.8 Å². The molecule has 0 spiro atoms. The minimum atomic E-state index is -0.753. The van der Waals surface area contributed by atoms with Crippen molar-refractivity contribution in [2.24, 2.45) is 10.7 Å². The molecule has 224 valence electrons. The van der Waals surface area contributed by atoms with Gasteiger partial charge >= 0.3 is 6.03 Å². The summed E-state index contributed by atoms with van der Waals surface area (Å²) in [5.74, 6) is -0.967. The molecular formula is C30H31ClN6O6. The number of ketones is 1. The number of Topliss-reactive ketones (excluding diaryl/α,β-unsaturated/α-hetero) is 1. The van der Waals surface area contributed by atoms with Crippen LogP contribution in [0.1, 0.15) is 66.3 Å². The van der Waals surface area contributed by atoms with Gasteiger partial charge in [-0.2, -0.15) is 0 Å². The van der Waals surface area contributed by atoms with E-state index in [9.17, 15) is 19.2 Å². The highest BCUT2D eigenvalue weighted by Gasteiger charge is 2.46. The first-order chi connectivity index (χ1) is 20.4. The molecule has 2 aromatic carbocycles. The second-order valence-electron chi connectivity index (χ2n) is 11.3. The fourth-order valence-electron chi connectivity index (χ4n) is 5.06. The summed E-state index contributed by atoms with van der Waals surface area (Å²) < 4.78 is 11.5. The van der Waals surface area contributed by atoms with Gasteiger partial charge in [0, 0.05) is 29.2 Å². The largest absolute Gasteiger partial charge is 0.487 e. The van der Waals surface area contributed by atoms with Crippen molar-refractivity contribution in [2.45, 2.75) is 44.9 Å². The zero-order chi connectivity index (χ0) is 30.9. The number of benzene rings is 2. The monoisotopic (exact) mass is 606 g/mol. The van der Waals surface area contributed by atoms with Crippen LogP contribution in [0.4, 0.5) is 4.79 Å². The van der Waals surface area contributed by atoms with E-state index < -0.39 is 41.8 Å². The van der Waals surface area contributed by atoms with Gasteiger partial charge in [-0.05, 0) is 50.6 Å². The zero-order valence-corrected chi connectivity index (χ0v) is 24.6. The third-order valence-corrected chi connectivity index (χ3v) is 7.13. The zero-order valence-electron chi connectivity index (χ0n) is 23.9. The molecule has 12 nitrogen and oxygen atoms in total. The third kappa shape index (κ3) is 6.54. The molecule has 3 heterocycles. The molecule has 1 saturated heterocycles. The number of carbonyl (C=O) groups is 4. The van der Waals surface area contributed by atoms with Crippen molar-refractivity contribution in [3.63, 3.8) is 0 Å². The fourth-order valence-corrected chi connectivity index (χ4v) is 5.19. The van der Waals surface area contributed by atoms with Crippen LogP contribution in [0.3, 0.4) is 0 Å². The topological polar surface area (TPSA) is 160 Å². The number of nitrogens with one attached hydrogen (secondary N) is 1. The molecule has 3 aromatic rings. The average Bonchev–Trinajstić information content (AvgIpc) is 3.60. The van der Waals surface area contributed by atoms with Crippen molar-refractivity contribution in [3.8, 4) is 5.75 Å². The van der Waals surface area contributed by atoms with Crippen molar-refractivity contribution in [3.05, 3.63) is 82.2 Å². The molecule has 2 atom stereocenters. The summed E-state index contributed by atoms with van der Waals surface area (Å²) in [5.41, 5.74) is 6.56. The summed E-state index contributed by atoms with van der Waals surface area (Å²) in [6.07, 6.45) is 2.51. The maximum absolute atomic E-state index is 14.3. The molecule has 2 unspecified atom stereocenters. The molecule has 2 aliphatic rings. The number of nitrogens with two attached hydrogens (primary N) is 1. The summed E-state index contributed by atoms with van der Waals surface area (Å²) in [4.78, 5) is 58.9. The van der Waals surface area contributed by atoms with Crippen LogP contribution in [0.2, 0.25) is 5.02 Å². The molecule has 5 rings (SSSR count). The van der Waals surface area contributed by atoms with Gasteiger partial charge in [-0.1, -0.05) is 35.0 Å². The van der Waals surface area contributed by atoms with E-state index in [1.165, 1.54) is 28.3 Å². The number of rotatable bonds is 7. The number of amidine groups is 1. The van der Waals surface area contributed by atoms with E-state index in [0.29, 0.717) is 29.2 Å². The number of nitrogens with zero attached hydrogens (tertiary/aromatic N) is 4. The van der Waals surface area contributed by atoms with Crippen LogP contribution in [-0.2, 0) is 9.59 Å². The van der Waals surface area contributed by atoms with Crippen LogP contribution in [0.5, 0.6) is 5.75 Å². The van der Waals surface area contributed by atoms with Crippen LogP contribution in [0.25, 0.3) is 0 Å². The van der Waals surface area contributed by atoms with Gasteiger partial charge < -0.3 is 25.2 Å². The first-order valence-corrected chi connectivity index (χ1v) is 14.0. The van der Waals surface area contributed by atoms with E-state index in [0.717, 1.165) is 5.56 Å². The number of aliphatic imine (C=N–C) groups is 1. The molecule has 13 heteroatoms. The lowest BCUT2D eigenvalue weighted by molar-refractivity contribution is -0.123. The van der Waals surface area contributed by atoms with E-state index in [-0.39, 0.29) is 29.6 Å². The number of halogens is 1. The Morgan fingerprint density at radius 1 is 1.14 bits per heavy atom. The number of primary amides is 1. The number of piperazine rings is 1. The van der Waals surface area contributed by atoms with Crippen LogP contribution in [0.15, 0.2) is 64.4 Å². The normalized spacial score (nSPS) is 18.7. The number of carbonyl (C=O) groups excluding carboxylic acids is 4. The molecule has 0 bridgehead atoms. The second kappa shape index (κ2) is 11.9. The number of hydrogen-bond acceptors (Lipinski definition) is 8. The molecule has 1 aromatic heterocycles. The van der Waals surface area contributed by atoms with Gasteiger partial charge in [0.05, 0.1) is 24.2 Å². The summed E-state index contributed by atoms with van der Waals surface area (Å²) in [6.45, 7) is 6.00. The maximum Gasteiger partial charge on any atom is 0.326 e. The lowest BCUT2D eigenvalue weighted by Gasteiger charge is -2.35. The molecular weight excluding hydrogens is 576 g/mol. The first-order valence-electron chi connectivity index (χ1n) is 13.6. The van der Waals surface area contributed by atoms with Gasteiger partial charge in [-0.15, -0.1) is 0 Å². The highest BCUT2D eigenvalue weighted by molar-refractivity contribution is 6.30. The minimum absolute atomic E-state index is 0.128. The van der Waals surface area contributed by atoms with Gasteiger partial charge in [0.15, 0.2) is 5.78 Å². The van der Waals surface area contributed by atoms with Crippen molar-refractivity contribution >= 4 is 41.1 Å². The number of amides is 4. The number of ether oxygens (including phenoxy) is 1. The molecule has 0 aliphatic carbocycles. The van der Waals surface area contributed by atoms with Crippen molar-refractivity contribution in [2.75, 3.05) is 19.6 Å². The smallest absolute Gasteiger partial charge is 0.326 e. The van der Waals surface area contributed by atoms with Crippen LogP contribution in [0, 0.1) is 0 Å². The van der Waals surface area contributed by atoms with Crippen molar-refractivity contribution in [1.29, 1.82) is 0 Å². The van der Waals surface area contributed by atoms with E-state index in [4.69, 9.17) is 31.6 Å². The Hall–Kier alpha value is -4.71. The fraction of sp³-hybridized carbons (Fsp3) is 0.333. The lowest BCUT2D eigenvalue weighted by atomic mass is 9.96. The minimum Gasteiger partial charge on any atom is -0.487 e. The highest BCUT2D eigenvalue weighted by Crippen LogP contribution is 2.45. The lowest BCUT2D eigenvalue weighted by Crippen LogP contribution is -2.55. The van der Waals surface area contributed by atoms with Crippen LogP contribution in [-0.4, -0.2) is 69.7 Å². The summed E-state index contributed by atoms with van der Waals surface area (Å²) in [5, 5.41) is 7.16. The Labute approximate surface area is 252 Å². The molecule has 0 radical (unpaired) electrons. The van der Waals surface area contributed by atoms with Gasteiger partial charge in [0.25, 0.3) is 0 Å². The molecule has 43 heavy (non-hydrogen) atoms. The van der Waals surface area contributed by atoms with Gasteiger partial charge in [-0.25, -0.2) is 4.79 Å². The van der Waals surface area contributed by atoms with Crippen molar-refractivity contribution in [1.82, 2.24) is 20.3 Å². The molecule has 2 aliphatic heterocycles. The Bertz CT molecular complexity index is 1580. The van der Waals surface area contributed by atoms with Gasteiger partial charge in [-0.3, -0.25) is 24.3 Å². The summed E-state index contributed by atoms with van der Waals surface area (Å²) >= 11 is 6.18. The first kappa shape index (κ1) is 29.8. The molecule has 0 saturated carbocycles. The van der Waals surface area contributed by atoms with Crippen LogP contribution >= 0.6 is 11.6 Å². The Morgan fingerprint density at radius 2 is 1.88 bits per heavy atom. The van der Waals surface area contributed by atoms with E-state index in [1.54, 1.807) is 24.3 Å². The van der Waals surface area contributed by atoms with Crippen LogP contribution < -0.4 is 15.8 Å². The number of aromatic nitrogens is 1. The molecule has 1 fully saturated rings. The predicted molar refractivity (Wildman–Crippen MR) is 157 cm³/mol. The summed E-state index contributed by atoms with van der Waals surface area (Å²) in [7, 11) is 0. The molecule has 4 amide bonds. The highest BCUT2D eigenvalue weighted by atomic mass is 35.5. The van der Waals surface area contributed by atoms with Gasteiger partial charge in [0.1, 0.15) is 36.0 Å². The third-order valence-electron chi connectivity index (χ3n) is 6.88. The van der Waals surface area contributed by atoms with E-state index in [2.05, 4.69) is 10.5 Å². The SMILES string of the molecule is CC(C)(C)Oc1cc(C(=O)CC(N)=O)ccc1C1=NC(c2ccc(Cl)cc2)C(c2cnoc2)N1C(=O)N1CCNC(=O)C1. The van der Waals surface area contributed by atoms with Crippen molar-refractivity contribution < 1.29 is 28.4 Å². The Morgan fingerprint density at radius 3 is 2.51 bits per heavy atom. The van der Waals surface area contributed by atoms with E-state index >= 15 is 0 Å². The summed E-state index contributed by atoms with van der Waals surface area (Å²) in [6, 6.07) is 10.1. The Kier molecular flexibility index (Phi) is 8.23. The number of hydrogen-bond donors (Lipinski definition) is 2. The average molecular weight is 607 g/mol. The second-order valence-corrected chi connectivity index (χ2v) is 11.7. The standard InChI is InChI=1S/C30H31ClN6O6/c1-30(2,3)43-23-12-18(22(38)13-24(32)39)6-9-21(23)28-35-26(17-4-7-20(31)8-5-17)27(19-14-34-42-16-19)37(28)29(41)36-11-10-33-25(40)15-36/h4-9,12,14,16,26-27H,10-11,13,15H2,1-3H3,(H2,32,39)(H,33,40). The maximum atomic E-state index is 14.3. The number of urea groups is 1. The van der Waals surface area contributed by atoms with E-state index in [1.807, 2.05) is 32.9 Å². The quantitative estimate of drug-likeness (QED) is 0.306.